The Balaban J connectivity index is 1.34. The molecule has 1 aromatic heterocycles. The Labute approximate surface area is 191 Å². The molecule has 4 rings (SSSR count). The topological polar surface area (TPSA) is 81.7 Å². The molecule has 4 heterocycles. The lowest BCUT2D eigenvalue weighted by Crippen LogP contribution is -2.41. The molecule has 32 heavy (non-hydrogen) atoms. The summed E-state index contributed by atoms with van der Waals surface area (Å²) in [5, 5.41) is 3.23. The van der Waals surface area contributed by atoms with Crippen LogP contribution in [0.1, 0.15) is 69.0 Å². The number of fused-ring (bicyclic) bond motifs is 1. The van der Waals surface area contributed by atoms with Crippen LogP contribution in [-0.4, -0.2) is 82.8 Å². The number of hydrogen-bond acceptors (Lipinski definition) is 6. The van der Waals surface area contributed by atoms with Crippen LogP contribution in [0.2, 0.25) is 0 Å². The van der Waals surface area contributed by atoms with Gasteiger partial charge in [-0.15, -0.1) is 0 Å². The van der Waals surface area contributed by atoms with Gasteiger partial charge in [-0.25, -0.2) is 9.97 Å². The van der Waals surface area contributed by atoms with Crippen molar-refractivity contribution in [3.05, 3.63) is 17.1 Å². The Hall–Kier alpha value is -2.22. The number of hydrogen-bond donors (Lipinski definition) is 1. The lowest BCUT2D eigenvalue weighted by atomic mass is 9.94. The van der Waals surface area contributed by atoms with Crippen LogP contribution in [0, 0.1) is 5.92 Å². The molecule has 2 saturated heterocycles. The van der Waals surface area contributed by atoms with E-state index in [0.29, 0.717) is 13.0 Å². The molecule has 0 unspecified atom stereocenters. The molecular formula is C24H38N6O2. The predicted octanol–water partition coefficient (Wildman–Crippen LogP) is 2.25. The lowest BCUT2D eigenvalue weighted by Gasteiger charge is -2.34. The van der Waals surface area contributed by atoms with Crippen LogP contribution in [0.15, 0.2) is 0 Å². The molecule has 1 atom stereocenters. The highest BCUT2D eigenvalue weighted by atomic mass is 16.2. The molecule has 176 valence electrons. The highest BCUT2D eigenvalue weighted by Gasteiger charge is 2.29. The first-order valence-corrected chi connectivity index (χ1v) is 12.3. The average Bonchev–Trinajstić information content (AvgIpc) is 2.81. The zero-order valence-electron chi connectivity index (χ0n) is 19.9. The summed E-state index contributed by atoms with van der Waals surface area (Å²) < 4.78 is 0. The van der Waals surface area contributed by atoms with Crippen molar-refractivity contribution in [1.82, 2.24) is 24.7 Å². The van der Waals surface area contributed by atoms with Gasteiger partial charge in [-0.2, -0.15) is 0 Å². The lowest BCUT2D eigenvalue weighted by molar-refractivity contribution is -0.132. The first-order chi connectivity index (χ1) is 15.4. The van der Waals surface area contributed by atoms with Gasteiger partial charge in [0.15, 0.2) is 0 Å². The van der Waals surface area contributed by atoms with Crippen LogP contribution in [0.25, 0.3) is 0 Å². The van der Waals surface area contributed by atoms with Crippen molar-refractivity contribution >= 4 is 17.6 Å². The fourth-order valence-electron chi connectivity index (χ4n) is 5.40. The van der Waals surface area contributed by atoms with Crippen LogP contribution < -0.4 is 5.32 Å². The number of anilines is 1. The third-order valence-corrected chi connectivity index (χ3v) is 7.36. The first kappa shape index (κ1) is 23.0. The number of nitrogens with zero attached hydrogens (tertiary/aromatic N) is 5. The smallest absolute Gasteiger partial charge is 0.223 e. The Morgan fingerprint density at radius 2 is 1.84 bits per heavy atom. The molecule has 2 fully saturated rings. The molecular weight excluding hydrogens is 404 g/mol. The number of carbonyl (C=O) groups is 2. The van der Waals surface area contributed by atoms with Crippen LogP contribution in [-0.2, 0) is 22.6 Å². The minimum atomic E-state index is 0.0904. The van der Waals surface area contributed by atoms with E-state index in [2.05, 4.69) is 17.1 Å². The van der Waals surface area contributed by atoms with E-state index in [-0.39, 0.29) is 17.7 Å². The second-order valence-corrected chi connectivity index (χ2v) is 9.75. The molecule has 8 nitrogen and oxygen atoms in total. The summed E-state index contributed by atoms with van der Waals surface area (Å²) in [7, 11) is 1.90. The predicted molar refractivity (Wildman–Crippen MR) is 124 cm³/mol. The summed E-state index contributed by atoms with van der Waals surface area (Å²) in [4.78, 5) is 40.7. The quantitative estimate of drug-likeness (QED) is 0.753. The Kier molecular flexibility index (Phi) is 7.28. The van der Waals surface area contributed by atoms with Gasteiger partial charge in [-0.05, 0) is 44.6 Å². The molecule has 3 aliphatic heterocycles. The number of carbonyl (C=O) groups excluding carboxylic acids is 2. The molecule has 3 aliphatic rings. The summed E-state index contributed by atoms with van der Waals surface area (Å²) >= 11 is 0. The first-order valence-electron chi connectivity index (χ1n) is 12.3. The van der Waals surface area contributed by atoms with Gasteiger partial charge in [0.25, 0.3) is 0 Å². The average molecular weight is 443 g/mol. The van der Waals surface area contributed by atoms with Crippen molar-refractivity contribution < 1.29 is 9.59 Å². The monoisotopic (exact) mass is 442 g/mol. The SMILES string of the molecule is CNc1nc(C2CCN(C(=O)CCN3CCC[C@@H](C)C3)CC2)nc2c1CCN(C(C)=O)C2. The van der Waals surface area contributed by atoms with E-state index < -0.39 is 0 Å². The van der Waals surface area contributed by atoms with Gasteiger partial charge in [-0.3, -0.25) is 9.59 Å². The van der Waals surface area contributed by atoms with Gasteiger partial charge >= 0.3 is 0 Å². The third kappa shape index (κ3) is 5.22. The van der Waals surface area contributed by atoms with Crippen molar-refractivity contribution in [3.63, 3.8) is 0 Å². The highest BCUT2D eigenvalue weighted by molar-refractivity contribution is 5.76. The summed E-state index contributed by atoms with van der Waals surface area (Å²) in [5.41, 5.74) is 2.10. The third-order valence-electron chi connectivity index (χ3n) is 7.36. The number of likely N-dealkylation sites (tertiary alicyclic amines) is 2. The second kappa shape index (κ2) is 10.1. The molecule has 0 bridgehead atoms. The molecule has 2 amide bonds. The number of aromatic nitrogens is 2. The maximum absolute atomic E-state index is 12.8. The Bertz CT molecular complexity index is 836. The van der Waals surface area contributed by atoms with E-state index in [1.807, 2.05) is 16.8 Å². The maximum atomic E-state index is 12.8. The minimum Gasteiger partial charge on any atom is -0.373 e. The normalized spacial score (nSPS) is 22.5. The molecule has 1 N–H and O–H groups in total. The zero-order chi connectivity index (χ0) is 22.7. The highest BCUT2D eigenvalue weighted by Crippen LogP contribution is 2.30. The van der Waals surface area contributed by atoms with Crippen molar-refractivity contribution in [2.24, 2.45) is 5.92 Å². The number of piperidine rings is 2. The van der Waals surface area contributed by atoms with Crippen LogP contribution in [0.4, 0.5) is 5.82 Å². The standard InChI is InChI=1S/C24H38N6O2/c1-17-5-4-10-28(15-17)11-9-22(32)29-12-6-19(7-13-29)23-26-21-16-30(18(2)31)14-8-20(21)24(25-3)27-23/h17,19H,4-16H2,1-3H3,(H,25,26,27)/t17-/m1/s1. The summed E-state index contributed by atoms with van der Waals surface area (Å²) in [6.45, 7) is 9.88. The van der Waals surface area contributed by atoms with E-state index in [1.54, 1.807) is 6.92 Å². The maximum Gasteiger partial charge on any atom is 0.223 e. The van der Waals surface area contributed by atoms with Crippen molar-refractivity contribution in [3.8, 4) is 0 Å². The second-order valence-electron chi connectivity index (χ2n) is 9.75. The minimum absolute atomic E-state index is 0.0904. The zero-order valence-corrected chi connectivity index (χ0v) is 19.9. The summed E-state index contributed by atoms with van der Waals surface area (Å²) in [6, 6.07) is 0. The molecule has 0 saturated carbocycles. The van der Waals surface area contributed by atoms with Gasteiger partial charge in [0, 0.05) is 64.6 Å². The van der Waals surface area contributed by atoms with Crippen molar-refractivity contribution in [2.45, 2.75) is 64.8 Å². The van der Waals surface area contributed by atoms with E-state index in [9.17, 15) is 9.59 Å². The van der Waals surface area contributed by atoms with E-state index in [1.165, 1.54) is 12.8 Å². The van der Waals surface area contributed by atoms with Gasteiger partial charge in [-0.1, -0.05) is 6.92 Å². The van der Waals surface area contributed by atoms with Gasteiger partial charge < -0.3 is 20.0 Å². The molecule has 0 aromatic carbocycles. The largest absolute Gasteiger partial charge is 0.373 e. The number of rotatable bonds is 5. The molecule has 8 heteroatoms. The molecule has 1 aromatic rings. The van der Waals surface area contributed by atoms with Gasteiger partial charge in [0.1, 0.15) is 11.6 Å². The van der Waals surface area contributed by atoms with Gasteiger partial charge in [0.05, 0.1) is 12.2 Å². The summed E-state index contributed by atoms with van der Waals surface area (Å²) in [5.74, 6) is 3.12. The van der Waals surface area contributed by atoms with Crippen LogP contribution in [0.5, 0.6) is 0 Å². The fourth-order valence-corrected chi connectivity index (χ4v) is 5.40. The van der Waals surface area contributed by atoms with E-state index in [0.717, 1.165) is 87.3 Å². The van der Waals surface area contributed by atoms with Gasteiger partial charge in [0.2, 0.25) is 11.8 Å². The van der Waals surface area contributed by atoms with Crippen LogP contribution >= 0.6 is 0 Å². The molecule has 0 radical (unpaired) electrons. The molecule has 0 spiro atoms. The number of amides is 2. The van der Waals surface area contributed by atoms with E-state index >= 15 is 0 Å². The number of nitrogens with one attached hydrogen (secondary N) is 1. The fraction of sp³-hybridized carbons (Fsp3) is 0.750. The Morgan fingerprint density at radius 1 is 1.06 bits per heavy atom. The van der Waals surface area contributed by atoms with Crippen molar-refractivity contribution in [1.29, 1.82) is 0 Å². The van der Waals surface area contributed by atoms with E-state index in [4.69, 9.17) is 9.97 Å². The summed E-state index contributed by atoms with van der Waals surface area (Å²) in [6.07, 6.45) is 5.76. The van der Waals surface area contributed by atoms with Crippen LogP contribution in [0.3, 0.4) is 0 Å². The van der Waals surface area contributed by atoms with Crippen molar-refractivity contribution in [2.75, 3.05) is 51.6 Å². The Morgan fingerprint density at radius 3 is 2.53 bits per heavy atom. The molecule has 0 aliphatic carbocycles.